The van der Waals surface area contributed by atoms with Crippen molar-refractivity contribution in [2.45, 2.75) is 39.2 Å². The van der Waals surface area contributed by atoms with Gasteiger partial charge in [0.15, 0.2) is 0 Å². The summed E-state index contributed by atoms with van der Waals surface area (Å²) in [5.74, 6) is -0.458. The van der Waals surface area contributed by atoms with Gasteiger partial charge in [0.05, 0.1) is 18.4 Å². The van der Waals surface area contributed by atoms with Crippen LogP contribution in [0, 0.1) is 6.92 Å². The van der Waals surface area contributed by atoms with Crippen LogP contribution in [0.4, 0.5) is 0 Å². The zero-order chi connectivity index (χ0) is 13.8. The fourth-order valence-corrected chi connectivity index (χ4v) is 2.38. The number of piperidine rings is 1. The number of hydrogen-bond donors (Lipinski definition) is 1. The molecule has 0 aromatic carbocycles. The highest BCUT2D eigenvalue weighted by molar-refractivity contribution is 5.97. The van der Waals surface area contributed by atoms with Gasteiger partial charge in [0.1, 0.15) is 6.04 Å². The number of ether oxygens (including phenoxy) is 1. The SMILES string of the molecule is CCOC(=O)C1CCCCN1C(=O)c1cn[nH]c1C. The molecule has 2 rings (SSSR count). The normalized spacial score (nSPS) is 19.3. The Balaban J connectivity index is 2.18. The van der Waals surface area contributed by atoms with Crippen molar-refractivity contribution in [1.29, 1.82) is 0 Å². The topological polar surface area (TPSA) is 75.3 Å². The largest absolute Gasteiger partial charge is 0.464 e. The molecule has 0 radical (unpaired) electrons. The average Bonchev–Trinajstić information content (AvgIpc) is 2.84. The van der Waals surface area contributed by atoms with Crippen LogP contribution in [-0.4, -0.2) is 46.2 Å². The van der Waals surface area contributed by atoms with Crippen LogP contribution in [0.2, 0.25) is 0 Å². The minimum absolute atomic E-state index is 0.149. The summed E-state index contributed by atoms with van der Waals surface area (Å²) < 4.78 is 5.05. The number of carbonyl (C=O) groups excluding carboxylic acids is 2. The van der Waals surface area contributed by atoms with Crippen molar-refractivity contribution in [3.05, 3.63) is 17.5 Å². The third-order valence-corrected chi connectivity index (χ3v) is 3.38. The Morgan fingerprint density at radius 3 is 2.95 bits per heavy atom. The third-order valence-electron chi connectivity index (χ3n) is 3.38. The molecule has 1 N–H and O–H groups in total. The van der Waals surface area contributed by atoms with Gasteiger partial charge in [-0.25, -0.2) is 4.79 Å². The van der Waals surface area contributed by atoms with E-state index in [1.807, 2.05) is 0 Å². The summed E-state index contributed by atoms with van der Waals surface area (Å²) in [6, 6.07) is -0.463. The van der Waals surface area contributed by atoms with Gasteiger partial charge < -0.3 is 9.64 Å². The Bertz CT molecular complexity index is 469. The van der Waals surface area contributed by atoms with E-state index in [0.29, 0.717) is 25.1 Å². The molecule has 1 saturated heterocycles. The molecule has 6 nitrogen and oxygen atoms in total. The van der Waals surface area contributed by atoms with E-state index >= 15 is 0 Å². The first-order chi connectivity index (χ1) is 9.15. The van der Waals surface area contributed by atoms with Gasteiger partial charge in [0, 0.05) is 12.2 Å². The number of rotatable bonds is 3. The highest BCUT2D eigenvalue weighted by Gasteiger charge is 2.34. The molecule has 2 heterocycles. The first kappa shape index (κ1) is 13.6. The molecular formula is C13H19N3O3. The molecule has 0 spiro atoms. The number of H-pyrrole nitrogens is 1. The zero-order valence-corrected chi connectivity index (χ0v) is 11.3. The standard InChI is InChI=1S/C13H19N3O3/c1-3-19-13(18)11-6-4-5-7-16(11)12(17)10-8-14-15-9(10)2/h8,11H,3-7H2,1-2H3,(H,14,15). The van der Waals surface area contributed by atoms with E-state index in [2.05, 4.69) is 10.2 Å². The minimum Gasteiger partial charge on any atom is -0.464 e. The van der Waals surface area contributed by atoms with Gasteiger partial charge in [-0.15, -0.1) is 0 Å². The lowest BCUT2D eigenvalue weighted by Gasteiger charge is -2.33. The van der Waals surface area contributed by atoms with E-state index in [4.69, 9.17) is 4.74 Å². The van der Waals surface area contributed by atoms with Crippen LogP contribution in [0.1, 0.15) is 42.2 Å². The lowest BCUT2D eigenvalue weighted by atomic mass is 10.0. The number of nitrogens with one attached hydrogen (secondary N) is 1. The van der Waals surface area contributed by atoms with E-state index in [1.54, 1.807) is 18.7 Å². The Morgan fingerprint density at radius 1 is 1.53 bits per heavy atom. The van der Waals surface area contributed by atoms with Crippen molar-refractivity contribution in [3.63, 3.8) is 0 Å². The summed E-state index contributed by atoms with van der Waals surface area (Å²) in [5.41, 5.74) is 1.24. The molecule has 6 heteroatoms. The van der Waals surface area contributed by atoms with Crippen molar-refractivity contribution >= 4 is 11.9 Å². The fraction of sp³-hybridized carbons (Fsp3) is 0.615. The molecule has 104 valence electrons. The second-order valence-corrected chi connectivity index (χ2v) is 4.67. The van der Waals surface area contributed by atoms with E-state index in [9.17, 15) is 9.59 Å². The second-order valence-electron chi connectivity index (χ2n) is 4.67. The van der Waals surface area contributed by atoms with Crippen molar-refractivity contribution in [1.82, 2.24) is 15.1 Å². The number of amides is 1. The maximum absolute atomic E-state index is 12.5. The number of hydrogen-bond acceptors (Lipinski definition) is 4. The highest BCUT2D eigenvalue weighted by Crippen LogP contribution is 2.21. The van der Waals surface area contributed by atoms with Crippen molar-refractivity contribution < 1.29 is 14.3 Å². The summed E-state index contributed by atoms with van der Waals surface area (Å²) in [6.07, 6.45) is 4.03. The van der Waals surface area contributed by atoms with Gasteiger partial charge in [0.2, 0.25) is 0 Å². The van der Waals surface area contributed by atoms with E-state index < -0.39 is 6.04 Å². The number of likely N-dealkylation sites (tertiary alicyclic amines) is 1. The number of aromatic nitrogens is 2. The monoisotopic (exact) mass is 265 g/mol. The van der Waals surface area contributed by atoms with Crippen LogP contribution >= 0.6 is 0 Å². The smallest absolute Gasteiger partial charge is 0.328 e. The Kier molecular flexibility index (Phi) is 4.19. The fourth-order valence-electron chi connectivity index (χ4n) is 2.38. The predicted octanol–water partition coefficient (Wildman–Crippen LogP) is 1.28. The van der Waals surface area contributed by atoms with Crippen LogP contribution in [0.15, 0.2) is 6.20 Å². The summed E-state index contributed by atoms with van der Waals surface area (Å²) in [4.78, 5) is 26.0. The van der Waals surface area contributed by atoms with Gasteiger partial charge in [-0.1, -0.05) is 0 Å². The van der Waals surface area contributed by atoms with Crippen LogP contribution in [-0.2, 0) is 9.53 Å². The van der Waals surface area contributed by atoms with E-state index in [1.165, 1.54) is 6.20 Å². The van der Waals surface area contributed by atoms with Crippen molar-refractivity contribution in [3.8, 4) is 0 Å². The van der Waals surface area contributed by atoms with Crippen LogP contribution < -0.4 is 0 Å². The number of esters is 1. The van der Waals surface area contributed by atoms with Crippen LogP contribution in [0.5, 0.6) is 0 Å². The first-order valence-corrected chi connectivity index (χ1v) is 6.62. The third kappa shape index (κ3) is 2.77. The molecule has 1 aliphatic heterocycles. The molecule has 19 heavy (non-hydrogen) atoms. The van der Waals surface area contributed by atoms with Gasteiger partial charge in [-0.3, -0.25) is 9.89 Å². The lowest BCUT2D eigenvalue weighted by molar-refractivity contribution is -0.149. The first-order valence-electron chi connectivity index (χ1n) is 6.62. The van der Waals surface area contributed by atoms with E-state index in [-0.39, 0.29) is 11.9 Å². The molecular weight excluding hydrogens is 246 g/mol. The molecule has 1 fully saturated rings. The molecule has 0 bridgehead atoms. The average molecular weight is 265 g/mol. The molecule has 1 amide bonds. The van der Waals surface area contributed by atoms with Gasteiger partial charge in [0.25, 0.3) is 5.91 Å². The number of carbonyl (C=O) groups is 2. The number of nitrogens with zero attached hydrogens (tertiary/aromatic N) is 2. The predicted molar refractivity (Wildman–Crippen MR) is 68.6 cm³/mol. The summed E-state index contributed by atoms with van der Waals surface area (Å²) in [5, 5.41) is 6.60. The molecule has 1 unspecified atom stereocenters. The van der Waals surface area contributed by atoms with Crippen molar-refractivity contribution in [2.24, 2.45) is 0 Å². The molecule has 1 aliphatic rings. The quantitative estimate of drug-likeness (QED) is 0.835. The maximum atomic E-state index is 12.5. The van der Waals surface area contributed by atoms with Gasteiger partial charge in [-0.2, -0.15) is 5.10 Å². The zero-order valence-electron chi connectivity index (χ0n) is 11.3. The number of aryl methyl sites for hydroxylation is 1. The Hall–Kier alpha value is -1.85. The summed E-state index contributed by atoms with van der Waals surface area (Å²) in [6.45, 7) is 4.49. The highest BCUT2D eigenvalue weighted by atomic mass is 16.5. The summed E-state index contributed by atoms with van der Waals surface area (Å²) in [7, 11) is 0. The molecule has 1 aromatic rings. The molecule has 1 atom stereocenters. The van der Waals surface area contributed by atoms with Crippen molar-refractivity contribution in [2.75, 3.05) is 13.2 Å². The second kappa shape index (κ2) is 5.86. The van der Waals surface area contributed by atoms with Gasteiger partial charge in [-0.05, 0) is 33.1 Å². The molecule has 1 aromatic heterocycles. The van der Waals surface area contributed by atoms with Gasteiger partial charge >= 0.3 is 5.97 Å². The van der Waals surface area contributed by atoms with Crippen LogP contribution in [0.25, 0.3) is 0 Å². The Morgan fingerprint density at radius 2 is 2.32 bits per heavy atom. The molecule has 0 saturated carbocycles. The summed E-state index contributed by atoms with van der Waals surface area (Å²) >= 11 is 0. The van der Waals surface area contributed by atoms with Crippen LogP contribution in [0.3, 0.4) is 0 Å². The minimum atomic E-state index is -0.463. The van der Waals surface area contributed by atoms with E-state index in [0.717, 1.165) is 18.5 Å². The molecule has 0 aliphatic carbocycles. The maximum Gasteiger partial charge on any atom is 0.328 e. The lowest BCUT2D eigenvalue weighted by Crippen LogP contribution is -2.48. The Labute approximate surface area is 112 Å². The number of aromatic amines is 1.